The van der Waals surface area contributed by atoms with E-state index in [1.54, 1.807) is 0 Å². The van der Waals surface area contributed by atoms with Gasteiger partial charge in [0.05, 0.1) is 0 Å². The molecule has 8 nitrogen and oxygen atoms in total. The molecule has 0 radical (unpaired) electrons. The molecule has 22 heavy (non-hydrogen) atoms. The van der Waals surface area contributed by atoms with Crippen molar-refractivity contribution in [2.24, 2.45) is 11.5 Å². The molecule has 0 bridgehead atoms. The monoisotopic (exact) mass is 352 g/mol. The molecule has 0 aromatic heterocycles. The third-order valence-electron chi connectivity index (χ3n) is 2.99. The quantitative estimate of drug-likeness (QED) is 0.224. The molecule has 6 N–H and O–H groups in total. The zero-order valence-corrected chi connectivity index (χ0v) is 13.9. The van der Waals surface area contributed by atoms with Gasteiger partial charge in [-0.25, -0.2) is 0 Å². The second-order valence-corrected chi connectivity index (χ2v) is 7.44. The first-order valence-corrected chi connectivity index (χ1v) is 8.66. The summed E-state index contributed by atoms with van der Waals surface area (Å²) in [5, 5.41) is 17.5. The first-order chi connectivity index (χ1) is 10.0. The molecule has 0 saturated heterocycles. The van der Waals surface area contributed by atoms with Crippen molar-refractivity contribution in [3.05, 3.63) is 0 Å². The van der Waals surface area contributed by atoms with Gasteiger partial charge in [-0.1, -0.05) is 21.6 Å². The SMILES string of the molecule is CC(=O)C(C[C@H](N)C(=O)O)(SSCC[C@H](N)C(=O)O)C(C)=O. The second kappa shape index (κ2) is 9.13. The summed E-state index contributed by atoms with van der Waals surface area (Å²) in [6, 6.07) is -2.37. The van der Waals surface area contributed by atoms with E-state index in [2.05, 4.69) is 0 Å². The Morgan fingerprint density at radius 2 is 1.45 bits per heavy atom. The van der Waals surface area contributed by atoms with Crippen molar-refractivity contribution in [1.82, 2.24) is 0 Å². The van der Waals surface area contributed by atoms with E-state index in [0.717, 1.165) is 21.6 Å². The number of carbonyl (C=O) groups excluding carboxylic acids is 2. The average molecular weight is 352 g/mol. The number of Topliss-reactive ketones (excluding diaryl/α,β-unsaturated/α-hetero) is 2. The highest BCUT2D eigenvalue weighted by molar-refractivity contribution is 8.77. The van der Waals surface area contributed by atoms with Crippen molar-refractivity contribution in [3.63, 3.8) is 0 Å². The Labute approximate surface area is 135 Å². The Morgan fingerprint density at radius 1 is 1.00 bits per heavy atom. The van der Waals surface area contributed by atoms with Crippen LogP contribution in [0, 0.1) is 0 Å². The van der Waals surface area contributed by atoms with Crippen molar-refractivity contribution in [2.75, 3.05) is 5.75 Å². The van der Waals surface area contributed by atoms with Crippen LogP contribution in [0.3, 0.4) is 0 Å². The molecule has 0 aliphatic rings. The fourth-order valence-corrected chi connectivity index (χ4v) is 4.69. The lowest BCUT2D eigenvalue weighted by Crippen LogP contribution is -2.47. The minimum Gasteiger partial charge on any atom is -0.480 e. The average Bonchev–Trinajstić information content (AvgIpc) is 2.40. The predicted octanol–water partition coefficient (Wildman–Crippen LogP) is -0.111. The van der Waals surface area contributed by atoms with Gasteiger partial charge in [0.25, 0.3) is 0 Å². The molecule has 0 heterocycles. The van der Waals surface area contributed by atoms with E-state index in [-0.39, 0.29) is 12.8 Å². The number of carboxylic acid groups (broad SMARTS) is 2. The van der Waals surface area contributed by atoms with Crippen LogP contribution in [0.2, 0.25) is 0 Å². The van der Waals surface area contributed by atoms with E-state index in [9.17, 15) is 19.2 Å². The largest absolute Gasteiger partial charge is 0.480 e. The molecule has 10 heteroatoms. The van der Waals surface area contributed by atoms with Crippen molar-refractivity contribution in [1.29, 1.82) is 0 Å². The van der Waals surface area contributed by atoms with Gasteiger partial charge >= 0.3 is 11.9 Å². The summed E-state index contributed by atoms with van der Waals surface area (Å²) in [5.74, 6) is -3.12. The third kappa shape index (κ3) is 5.95. The molecule has 2 atom stereocenters. The summed E-state index contributed by atoms with van der Waals surface area (Å²) < 4.78 is -1.56. The molecule has 0 spiro atoms. The van der Waals surface area contributed by atoms with Gasteiger partial charge in [-0.05, 0) is 20.3 Å². The van der Waals surface area contributed by atoms with Crippen molar-refractivity contribution in [2.45, 2.75) is 43.5 Å². The summed E-state index contributed by atoms with van der Waals surface area (Å²) in [6.45, 7) is 2.40. The first-order valence-electron chi connectivity index (χ1n) is 6.34. The third-order valence-corrected chi connectivity index (χ3v) is 6.25. The molecule has 0 aromatic carbocycles. The van der Waals surface area contributed by atoms with E-state index in [0.29, 0.717) is 5.75 Å². The lowest BCUT2D eigenvalue weighted by molar-refractivity contribution is -0.140. The van der Waals surface area contributed by atoms with Gasteiger partial charge in [-0.15, -0.1) is 0 Å². The lowest BCUT2D eigenvalue weighted by Gasteiger charge is -2.28. The van der Waals surface area contributed by atoms with E-state index >= 15 is 0 Å². The van der Waals surface area contributed by atoms with Gasteiger partial charge < -0.3 is 21.7 Å². The summed E-state index contributed by atoms with van der Waals surface area (Å²) in [7, 11) is 2.01. The lowest BCUT2D eigenvalue weighted by atomic mass is 9.92. The summed E-state index contributed by atoms with van der Waals surface area (Å²) >= 11 is 0. The molecule has 0 saturated carbocycles. The van der Waals surface area contributed by atoms with Crippen molar-refractivity contribution >= 4 is 45.1 Å². The van der Waals surface area contributed by atoms with Gasteiger partial charge in [-0.3, -0.25) is 19.2 Å². The van der Waals surface area contributed by atoms with Crippen LogP contribution in [0.4, 0.5) is 0 Å². The fourth-order valence-electron chi connectivity index (χ4n) is 1.52. The maximum atomic E-state index is 11.9. The predicted molar refractivity (Wildman–Crippen MR) is 84.6 cm³/mol. The van der Waals surface area contributed by atoms with Gasteiger partial charge in [0.2, 0.25) is 0 Å². The zero-order chi connectivity index (χ0) is 17.5. The van der Waals surface area contributed by atoms with Gasteiger partial charge in [-0.2, -0.15) is 0 Å². The maximum Gasteiger partial charge on any atom is 0.320 e. The molecule has 0 aromatic rings. The van der Waals surface area contributed by atoms with Crippen LogP contribution in [-0.2, 0) is 19.2 Å². The smallest absolute Gasteiger partial charge is 0.320 e. The van der Waals surface area contributed by atoms with Crippen LogP contribution in [0.25, 0.3) is 0 Å². The minimum atomic E-state index is -1.56. The van der Waals surface area contributed by atoms with Crippen molar-refractivity contribution in [3.8, 4) is 0 Å². The fraction of sp³-hybridized carbons (Fsp3) is 0.667. The van der Waals surface area contributed by atoms with Gasteiger partial charge in [0.1, 0.15) is 16.8 Å². The standard InChI is InChI=1S/C12H20N2O6S2/c1-6(15)12(7(2)16,5-9(14)11(19)20)22-21-4-3-8(13)10(17)18/h8-9H,3-5,13-14H2,1-2H3,(H,17,18)(H,19,20)/t8-,9-/m0/s1. The van der Waals surface area contributed by atoms with Crippen LogP contribution in [-0.4, -0.2) is 56.3 Å². The molecular weight excluding hydrogens is 332 g/mol. The van der Waals surface area contributed by atoms with Gasteiger partial charge in [0.15, 0.2) is 11.6 Å². The van der Waals surface area contributed by atoms with Crippen LogP contribution >= 0.6 is 21.6 Å². The molecule has 0 rings (SSSR count). The Hall–Kier alpha value is -1.10. The zero-order valence-electron chi connectivity index (χ0n) is 12.3. The van der Waals surface area contributed by atoms with E-state index in [4.69, 9.17) is 21.7 Å². The van der Waals surface area contributed by atoms with E-state index in [1.165, 1.54) is 13.8 Å². The Morgan fingerprint density at radius 3 is 1.82 bits per heavy atom. The summed E-state index contributed by atoms with van der Waals surface area (Å²) in [5.41, 5.74) is 10.8. The summed E-state index contributed by atoms with van der Waals surface area (Å²) in [4.78, 5) is 45.2. The topological polar surface area (TPSA) is 161 Å². The number of carboxylic acids is 2. The number of hydrogen-bond acceptors (Lipinski definition) is 8. The molecule has 126 valence electrons. The van der Waals surface area contributed by atoms with E-state index < -0.39 is 40.3 Å². The number of aliphatic carboxylic acids is 2. The number of carbonyl (C=O) groups is 4. The highest BCUT2D eigenvalue weighted by atomic mass is 33.1. The normalized spacial score (nSPS) is 14.2. The number of ketones is 2. The minimum absolute atomic E-state index is 0.157. The molecule has 0 aliphatic heterocycles. The Bertz CT molecular complexity index is 443. The molecule has 0 fully saturated rings. The molecule has 0 aliphatic carbocycles. The van der Waals surface area contributed by atoms with Crippen LogP contribution < -0.4 is 11.5 Å². The highest BCUT2D eigenvalue weighted by Crippen LogP contribution is 2.41. The number of nitrogens with two attached hydrogens (primary N) is 2. The summed E-state index contributed by atoms with van der Waals surface area (Å²) in [6.07, 6.45) is -0.167. The number of rotatable bonds is 11. The Kier molecular flexibility index (Phi) is 8.68. The van der Waals surface area contributed by atoms with Crippen LogP contribution in [0.15, 0.2) is 0 Å². The van der Waals surface area contributed by atoms with E-state index in [1.807, 2.05) is 0 Å². The maximum absolute atomic E-state index is 11.9. The van der Waals surface area contributed by atoms with Crippen LogP contribution in [0.5, 0.6) is 0 Å². The first kappa shape index (κ1) is 20.9. The van der Waals surface area contributed by atoms with Gasteiger partial charge in [0, 0.05) is 12.2 Å². The molecular formula is C12H20N2O6S2. The van der Waals surface area contributed by atoms with Crippen molar-refractivity contribution < 1.29 is 29.4 Å². The highest BCUT2D eigenvalue weighted by Gasteiger charge is 2.44. The number of hydrogen-bond donors (Lipinski definition) is 4. The second-order valence-electron chi connectivity index (χ2n) is 4.73. The Balaban J connectivity index is 4.88. The molecule has 0 unspecified atom stereocenters. The van der Waals surface area contributed by atoms with Crippen LogP contribution in [0.1, 0.15) is 26.7 Å². The molecule has 0 amide bonds.